The van der Waals surface area contributed by atoms with Crippen molar-refractivity contribution < 1.29 is 27.9 Å². The first-order chi connectivity index (χ1) is 11.7. The summed E-state index contributed by atoms with van der Waals surface area (Å²) >= 11 is 0. The summed E-state index contributed by atoms with van der Waals surface area (Å²) in [5, 5.41) is 14.1. The number of nitrogens with one attached hydrogen (secondary N) is 2. The molecule has 0 aromatic heterocycles. The summed E-state index contributed by atoms with van der Waals surface area (Å²) < 4.78 is 39.9. The van der Waals surface area contributed by atoms with E-state index in [1.54, 1.807) is 18.2 Å². The Balaban J connectivity index is 2.08. The molecule has 8 heteroatoms. The van der Waals surface area contributed by atoms with Crippen LogP contribution in [-0.4, -0.2) is 29.6 Å². The first-order valence-corrected chi connectivity index (χ1v) is 7.23. The van der Waals surface area contributed by atoms with Crippen molar-refractivity contribution in [1.82, 2.24) is 5.32 Å². The summed E-state index contributed by atoms with van der Waals surface area (Å²) in [5.74, 6) is -2.42. The number of hydrogen-bond acceptors (Lipinski definition) is 3. The number of benzene rings is 2. The second kappa shape index (κ2) is 7.35. The van der Waals surface area contributed by atoms with Gasteiger partial charge in [-0.15, -0.1) is 0 Å². The molecule has 0 aliphatic heterocycles. The molecule has 2 amide bonds. The van der Waals surface area contributed by atoms with Crippen LogP contribution in [0.2, 0.25) is 0 Å². The number of carbonyl (C=O) groups is 2. The van der Waals surface area contributed by atoms with Crippen LogP contribution in [0.5, 0.6) is 0 Å². The van der Waals surface area contributed by atoms with Gasteiger partial charge in [0.05, 0.1) is 6.54 Å². The van der Waals surface area contributed by atoms with E-state index < -0.39 is 35.7 Å². The molecule has 5 nitrogen and oxygen atoms in total. The molecule has 2 aromatic carbocycles. The fourth-order valence-corrected chi connectivity index (χ4v) is 2.08. The SMILES string of the molecule is O=C(NCC(O)(c1ccccc1)C(F)(F)F)C(=O)Nc1ccccc1. The van der Waals surface area contributed by atoms with Gasteiger partial charge >= 0.3 is 18.0 Å². The van der Waals surface area contributed by atoms with Crippen LogP contribution in [0.15, 0.2) is 60.7 Å². The van der Waals surface area contributed by atoms with E-state index in [1.807, 2.05) is 5.32 Å². The minimum absolute atomic E-state index is 0.316. The fraction of sp³-hybridized carbons (Fsp3) is 0.176. The summed E-state index contributed by atoms with van der Waals surface area (Å²) in [6, 6.07) is 14.3. The van der Waals surface area contributed by atoms with Crippen molar-refractivity contribution in [2.45, 2.75) is 11.8 Å². The quantitative estimate of drug-likeness (QED) is 0.738. The molecule has 0 saturated heterocycles. The van der Waals surface area contributed by atoms with Gasteiger partial charge in [0.25, 0.3) is 0 Å². The third-order valence-corrected chi connectivity index (χ3v) is 3.46. The monoisotopic (exact) mass is 352 g/mol. The largest absolute Gasteiger partial charge is 0.423 e. The van der Waals surface area contributed by atoms with Gasteiger partial charge in [-0.25, -0.2) is 0 Å². The first kappa shape index (κ1) is 18.5. The summed E-state index contributed by atoms with van der Waals surface area (Å²) in [6.07, 6.45) is -5.04. The molecule has 0 radical (unpaired) electrons. The molecule has 0 saturated carbocycles. The molecular weight excluding hydrogens is 337 g/mol. The molecule has 2 aromatic rings. The van der Waals surface area contributed by atoms with Crippen LogP contribution in [0, 0.1) is 0 Å². The van der Waals surface area contributed by atoms with Gasteiger partial charge in [0.1, 0.15) is 0 Å². The summed E-state index contributed by atoms with van der Waals surface area (Å²) in [7, 11) is 0. The zero-order valence-corrected chi connectivity index (χ0v) is 12.9. The zero-order valence-electron chi connectivity index (χ0n) is 12.9. The van der Waals surface area contributed by atoms with Gasteiger partial charge in [-0.2, -0.15) is 13.2 Å². The molecule has 3 N–H and O–H groups in total. The Kier molecular flexibility index (Phi) is 5.43. The zero-order chi connectivity index (χ0) is 18.5. The molecule has 132 valence electrons. The molecule has 1 unspecified atom stereocenters. The standard InChI is InChI=1S/C17H15F3N2O3/c18-17(19,20)16(25,12-7-3-1-4-8-12)11-21-14(23)15(24)22-13-9-5-2-6-10-13/h1-10,25H,11H2,(H,21,23)(H,22,24). The number of alkyl halides is 3. The molecule has 1 atom stereocenters. The Bertz CT molecular complexity index is 736. The summed E-state index contributed by atoms with van der Waals surface area (Å²) in [4.78, 5) is 23.5. The Morgan fingerprint density at radius 2 is 1.40 bits per heavy atom. The van der Waals surface area contributed by atoms with Crippen molar-refractivity contribution >= 4 is 17.5 Å². The lowest BCUT2D eigenvalue weighted by atomic mass is 9.93. The number of halogens is 3. The van der Waals surface area contributed by atoms with Crippen LogP contribution in [-0.2, 0) is 15.2 Å². The van der Waals surface area contributed by atoms with Gasteiger partial charge in [0.2, 0.25) is 5.60 Å². The normalized spacial score (nSPS) is 13.6. The molecule has 0 aliphatic rings. The minimum Gasteiger partial charge on any atom is -0.375 e. The predicted molar refractivity (Wildman–Crippen MR) is 84.5 cm³/mol. The van der Waals surface area contributed by atoms with Gasteiger partial charge < -0.3 is 15.7 Å². The van der Waals surface area contributed by atoms with Crippen molar-refractivity contribution in [3.8, 4) is 0 Å². The van der Waals surface area contributed by atoms with Gasteiger partial charge in [0, 0.05) is 5.69 Å². The maximum Gasteiger partial charge on any atom is 0.423 e. The molecular formula is C17H15F3N2O3. The Labute approximate surface area is 141 Å². The first-order valence-electron chi connectivity index (χ1n) is 7.23. The van der Waals surface area contributed by atoms with Crippen LogP contribution >= 0.6 is 0 Å². The van der Waals surface area contributed by atoms with Gasteiger partial charge in [-0.05, 0) is 17.7 Å². The van der Waals surface area contributed by atoms with Crippen LogP contribution < -0.4 is 10.6 Å². The van der Waals surface area contributed by atoms with E-state index in [0.29, 0.717) is 5.69 Å². The number of rotatable bonds is 4. The number of para-hydroxylation sites is 1. The van der Waals surface area contributed by atoms with Crippen molar-refractivity contribution in [2.24, 2.45) is 0 Å². The highest BCUT2D eigenvalue weighted by molar-refractivity contribution is 6.39. The average molecular weight is 352 g/mol. The number of hydrogen-bond donors (Lipinski definition) is 3. The van der Waals surface area contributed by atoms with Crippen molar-refractivity contribution in [3.63, 3.8) is 0 Å². The third-order valence-electron chi connectivity index (χ3n) is 3.46. The number of aliphatic hydroxyl groups is 1. The molecule has 0 bridgehead atoms. The number of amides is 2. The molecule has 25 heavy (non-hydrogen) atoms. The van der Waals surface area contributed by atoms with Crippen molar-refractivity contribution in [2.75, 3.05) is 11.9 Å². The van der Waals surface area contributed by atoms with Gasteiger partial charge in [0.15, 0.2) is 0 Å². The summed E-state index contributed by atoms with van der Waals surface area (Å²) in [6.45, 7) is -1.19. The lowest BCUT2D eigenvalue weighted by Crippen LogP contribution is -2.52. The summed E-state index contributed by atoms with van der Waals surface area (Å²) in [5.41, 5.74) is -3.43. The van der Waals surface area contributed by atoms with E-state index in [4.69, 9.17) is 0 Å². The molecule has 0 fully saturated rings. The van der Waals surface area contributed by atoms with Gasteiger partial charge in [-0.1, -0.05) is 48.5 Å². The highest BCUT2D eigenvalue weighted by atomic mass is 19.4. The second-order valence-electron chi connectivity index (χ2n) is 5.23. The van der Waals surface area contributed by atoms with Gasteiger partial charge in [-0.3, -0.25) is 9.59 Å². The van der Waals surface area contributed by atoms with Crippen molar-refractivity contribution in [1.29, 1.82) is 0 Å². The highest BCUT2D eigenvalue weighted by Gasteiger charge is 2.55. The van der Waals surface area contributed by atoms with Crippen LogP contribution in [0.4, 0.5) is 18.9 Å². The molecule has 0 aliphatic carbocycles. The predicted octanol–water partition coefficient (Wildman–Crippen LogP) is 2.19. The fourth-order valence-electron chi connectivity index (χ4n) is 2.08. The molecule has 0 heterocycles. The minimum atomic E-state index is -5.04. The van der Waals surface area contributed by atoms with E-state index in [1.165, 1.54) is 30.3 Å². The van der Waals surface area contributed by atoms with E-state index in [2.05, 4.69) is 5.32 Å². The average Bonchev–Trinajstić information content (AvgIpc) is 2.60. The maximum atomic E-state index is 13.3. The van der Waals surface area contributed by atoms with Crippen molar-refractivity contribution in [3.05, 3.63) is 66.2 Å². The smallest absolute Gasteiger partial charge is 0.375 e. The Morgan fingerprint density at radius 3 is 1.92 bits per heavy atom. The number of carbonyl (C=O) groups excluding carboxylic acids is 2. The lowest BCUT2D eigenvalue weighted by molar-refractivity contribution is -0.264. The maximum absolute atomic E-state index is 13.3. The third kappa shape index (κ3) is 4.36. The lowest BCUT2D eigenvalue weighted by Gasteiger charge is -2.31. The molecule has 2 rings (SSSR count). The Hall–Kier alpha value is -2.87. The Morgan fingerprint density at radius 1 is 0.880 bits per heavy atom. The van der Waals surface area contributed by atoms with Crippen LogP contribution in [0.1, 0.15) is 5.56 Å². The van der Waals surface area contributed by atoms with E-state index in [-0.39, 0.29) is 0 Å². The topological polar surface area (TPSA) is 78.4 Å². The van der Waals surface area contributed by atoms with E-state index in [0.717, 1.165) is 12.1 Å². The molecule has 0 spiro atoms. The van der Waals surface area contributed by atoms with Crippen LogP contribution in [0.25, 0.3) is 0 Å². The van der Waals surface area contributed by atoms with Crippen LogP contribution in [0.3, 0.4) is 0 Å². The highest BCUT2D eigenvalue weighted by Crippen LogP contribution is 2.38. The number of anilines is 1. The van der Waals surface area contributed by atoms with E-state index in [9.17, 15) is 27.9 Å². The van der Waals surface area contributed by atoms with E-state index >= 15 is 0 Å². The second-order valence-corrected chi connectivity index (χ2v) is 5.23.